The van der Waals surface area contributed by atoms with Crippen molar-refractivity contribution in [2.45, 2.75) is 32.7 Å². The number of aromatic nitrogens is 1. The Hall–Kier alpha value is -2.75. The van der Waals surface area contributed by atoms with Crippen LogP contribution in [0.25, 0.3) is 16.6 Å². The van der Waals surface area contributed by atoms with Crippen LogP contribution < -0.4 is 5.32 Å². The zero-order valence-corrected chi connectivity index (χ0v) is 19.3. The molecule has 5 heteroatoms. The second-order valence-corrected chi connectivity index (χ2v) is 9.55. The molecule has 1 aromatic heterocycles. The van der Waals surface area contributed by atoms with Gasteiger partial charge in [-0.05, 0) is 46.9 Å². The quantitative estimate of drug-likeness (QED) is 0.351. The standard InChI is InChI=1S/C26H24Cl2N2O/c1-26(2,3)19-10-8-17(9-11-19)16-29-25(31)24-12-18-6-4-5-7-23(18)30(24)22-14-20(27)13-21(28)15-22/h4-15H,16H2,1-3H3,(H,29,31). The van der Waals surface area contributed by atoms with Gasteiger partial charge in [0.1, 0.15) is 5.69 Å². The highest BCUT2D eigenvalue weighted by Crippen LogP contribution is 2.29. The first-order valence-electron chi connectivity index (χ1n) is 10.2. The Morgan fingerprint density at radius 3 is 2.19 bits per heavy atom. The van der Waals surface area contributed by atoms with Crippen LogP contribution in [0.3, 0.4) is 0 Å². The number of halogens is 2. The summed E-state index contributed by atoms with van der Waals surface area (Å²) < 4.78 is 1.89. The first kappa shape index (κ1) is 21.5. The van der Waals surface area contributed by atoms with Crippen molar-refractivity contribution >= 4 is 40.0 Å². The van der Waals surface area contributed by atoms with E-state index in [-0.39, 0.29) is 11.3 Å². The van der Waals surface area contributed by atoms with Crippen molar-refractivity contribution in [3.8, 4) is 5.69 Å². The van der Waals surface area contributed by atoms with Crippen molar-refractivity contribution in [2.24, 2.45) is 0 Å². The summed E-state index contributed by atoms with van der Waals surface area (Å²) >= 11 is 12.5. The van der Waals surface area contributed by atoms with E-state index in [4.69, 9.17) is 23.2 Å². The van der Waals surface area contributed by atoms with E-state index >= 15 is 0 Å². The molecule has 0 unspecified atom stereocenters. The average Bonchev–Trinajstić information content (AvgIpc) is 3.11. The Labute approximate surface area is 192 Å². The Bertz CT molecular complexity index is 1230. The van der Waals surface area contributed by atoms with Crippen molar-refractivity contribution in [1.82, 2.24) is 9.88 Å². The molecule has 0 aliphatic carbocycles. The molecule has 0 fully saturated rings. The summed E-state index contributed by atoms with van der Waals surface area (Å²) in [5, 5.41) is 5.06. The van der Waals surface area contributed by atoms with Crippen LogP contribution in [0.15, 0.2) is 72.8 Å². The molecule has 0 saturated heterocycles. The van der Waals surface area contributed by atoms with E-state index in [0.717, 1.165) is 22.2 Å². The highest BCUT2D eigenvalue weighted by Gasteiger charge is 2.18. The van der Waals surface area contributed by atoms with Crippen molar-refractivity contribution in [1.29, 1.82) is 0 Å². The monoisotopic (exact) mass is 450 g/mol. The summed E-state index contributed by atoms with van der Waals surface area (Å²) in [5.41, 5.74) is 4.61. The lowest BCUT2D eigenvalue weighted by Crippen LogP contribution is -2.25. The molecule has 4 aromatic rings. The van der Waals surface area contributed by atoms with E-state index in [2.05, 4.69) is 50.4 Å². The molecule has 0 aliphatic rings. The summed E-state index contributed by atoms with van der Waals surface area (Å²) in [4.78, 5) is 13.2. The Morgan fingerprint density at radius 1 is 0.903 bits per heavy atom. The van der Waals surface area contributed by atoms with Gasteiger partial charge in [0.15, 0.2) is 0 Å². The predicted molar refractivity (Wildman–Crippen MR) is 130 cm³/mol. The number of hydrogen-bond acceptors (Lipinski definition) is 1. The van der Waals surface area contributed by atoms with Gasteiger partial charge in [-0.15, -0.1) is 0 Å². The van der Waals surface area contributed by atoms with Gasteiger partial charge in [-0.1, -0.05) is 86.4 Å². The summed E-state index contributed by atoms with van der Waals surface area (Å²) in [7, 11) is 0. The number of carbonyl (C=O) groups is 1. The molecule has 1 amide bonds. The molecule has 1 N–H and O–H groups in total. The van der Waals surface area contributed by atoms with Crippen LogP contribution in [-0.4, -0.2) is 10.5 Å². The number of fused-ring (bicyclic) bond motifs is 1. The van der Waals surface area contributed by atoms with Gasteiger partial charge < -0.3 is 9.88 Å². The molecule has 158 valence electrons. The van der Waals surface area contributed by atoms with E-state index in [0.29, 0.717) is 22.3 Å². The largest absolute Gasteiger partial charge is 0.347 e. The lowest BCUT2D eigenvalue weighted by molar-refractivity contribution is 0.0944. The fraction of sp³-hybridized carbons (Fsp3) is 0.192. The topological polar surface area (TPSA) is 34.0 Å². The third-order valence-corrected chi connectivity index (χ3v) is 5.76. The normalized spacial score (nSPS) is 11.6. The van der Waals surface area contributed by atoms with Gasteiger partial charge >= 0.3 is 0 Å². The third-order valence-electron chi connectivity index (χ3n) is 5.32. The second-order valence-electron chi connectivity index (χ2n) is 8.68. The molecule has 0 saturated carbocycles. The molecule has 1 heterocycles. The number of carbonyl (C=O) groups excluding carboxylic acids is 1. The van der Waals surface area contributed by atoms with Crippen LogP contribution >= 0.6 is 23.2 Å². The first-order chi connectivity index (χ1) is 14.7. The minimum atomic E-state index is -0.160. The second kappa shape index (κ2) is 8.41. The number of benzene rings is 3. The van der Waals surface area contributed by atoms with Crippen LogP contribution in [0.1, 0.15) is 42.4 Å². The van der Waals surface area contributed by atoms with E-state index in [1.54, 1.807) is 6.07 Å². The Balaban J connectivity index is 1.65. The van der Waals surface area contributed by atoms with Crippen molar-refractivity contribution in [2.75, 3.05) is 0 Å². The van der Waals surface area contributed by atoms with Crippen molar-refractivity contribution in [3.05, 3.63) is 99.7 Å². The molecule has 0 bridgehead atoms. The molecule has 0 radical (unpaired) electrons. The Kier molecular flexibility index (Phi) is 5.83. The molecule has 0 aliphatic heterocycles. The maximum absolute atomic E-state index is 13.2. The Morgan fingerprint density at radius 2 is 1.55 bits per heavy atom. The summed E-state index contributed by atoms with van der Waals surface area (Å²) in [5.74, 6) is -0.160. The van der Waals surface area contributed by atoms with E-state index in [1.807, 2.05) is 47.0 Å². The minimum Gasteiger partial charge on any atom is -0.347 e. The lowest BCUT2D eigenvalue weighted by atomic mass is 9.87. The predicted octanol–water partition coefficient (Wildman–Crippen LogP) is 7.16. The third kappa shape index (κ3) is 4.63. The van der Waals surface area contributed by atoms with Gasteiger partial charge in [0.25, 0.3) is 5.91 Å². The summed E-state index contributed by atoms with van der Waals surface area (Å²) in [6.45, 7) is 7.00. The molecular weight excluding hydrogens is 427 g/mol. The molecule has 31 heavy (non-hydrogen) atoms. The number of nitrogens with zero attached hydrogens (tertiary/aromatic N) is 1. The summed E-state index contributed by atoms with van der Waals surface area (Å²) in [6.07, 6.45) is 0. The summed E-state index contributed by atoms with van der Waals surface area (Å²) in [6, 6.07) is 23.4. The zero-order valence-electron chi connectivity index (χ0n) is 17.7. The molecule has 0 spiro atoms. The number of nitrogens with one attached hydrogen (secondary N) is 1. The van der Waals surface area contributed by atoms with Gasteiger partial charge in [-0.25, -0.2) is 0 Å². The minimum absolute atomic E-state index is 0.0982. The van der Waals surface area contributed by atoms with Crippen LogP contribution in [0.5, 0.6) is 0 Å². The fourth-order valence-corrected chi connectivity index (χ4v) is 4.18. The maximum Gasteiger partial charge on any atom is 0.268 e. The zero-order chi connectivity index (χ0) is 22.2. The highest BCUT2D eigenvalue weighted by atomic mass is 35.5. The smallest absolute Gasteiger partial charge is 0.268 e. The molecule has 3 aromatic carbocycles. The van der Waals surface area contributed by atoms with Crippen LogP contribution in [-0.2, 0) is 12.0 Å². The fourth-order valence-electron chi connectivity index (χ4n) is 3.66. The SMILES string of the molecule is CC(C)(C)c1ccc(CNC(=O)c2cc3ccccc3n2-c2cc(Cl)cc(Cl)c2)cc1. The molecular formula is C26H24Cl2N2O. The molecule has 0 atom stereocenters. The van der Waals surface area contributed by atoms with Crippen molar-refractivity contribution < 1.29 is 4.79 Å². The molecule has 3 nitrogen and oxygen atoms in total. The van der Waals surface area contributed by atoms with Gasteiger partial charge in [0.2, 0.25) is 0 Å². The lowest BCUT2D eigenvalue weighted by Gasteiger charge is -2.19. The number of rotatable bonds is 4. The number of para-hydroxylation sites is 1. The maximum atomic E-state index is 13.2. The van der Waals surface area contributed by atoms with Gasteiger partial charge in [0.05, 0.1) is 5.52 Å². The van der Waals surface area contributed by atoms with Crippen LogP contribution in [0, 0.1) is 0 Å². The number of hydrogen-bond donors (Lipinski definition) is 1. The first-order valence-corrected chi connectivity index (χ1v) is 10.9. The van der Waals surface area contributed by atoms with E-state index in [1.165, 1.54) is 5.56 Å². The van der Waals surface area contributed by atoms with E-state index < -0.39 is 0 Å². The van der Waals surface area contributed by atoms with Gasteiger partial charge in [0, 0.05) is 27.7 Å². The van der Waals surface area contributed by atoms with Crippen LogP contribution in [0.4, 0.5) is 0 Å². The van der Waals surface area contributed by atoms with Gasteiger partial charge in [-0.3, -0.25) is 4.79 Å². The van der Waals surface area contributed by atoms with Crippen molar-refractivity contribution in [3.63, 3.8) is 0 Å². The highest BCUT2D eigenvalue weighted by molar-refractivity contribution is 6.34. The van der Waals surface area contributed by atoms with Gasteiger partial charge in [-0.2, -0.15) is 0 Å². The van der Waals surface area contributed by atoms with E-state index in [9.17, 15) is 4.79 Å². The number of amides is 1. The van der Waals surface area contributed by atoms with Crippen LogP contribution in [0.2, 0.25) is 10.0 Å². The molecule has 4 rings (SSSR count). The average molecular weight is 451 g/mol.